The van der Waals surface area contributed by atoms with Crippen molar-refractivity contribution in [3.05, 3.63) is 41.5 Å². The minimum atomic E-state index is -3.90. The second kappa shape index (κ2) is 13.9. The van der Waals surface area contributed by atoms with Gasteiger partial charge in [0.15, 0.2) is 0 Å². The summed E-state index contributed by atoms with van der Waals surface area (Å²) in [4.78, 5) is 30.1. The van der Waals surface area contributed by atoms with Crippen LogP contribution in [0.25, 0.3) is 0 Å². The minimum absolute atomic E-state index is 0.144. The molecule has 1 atom stereocenters. The number of nitrogens with two attached hydrogens (primary N) is 1. The van der Waals surface area contributed by atoms with Crippen molar-refractivity contribution < 1.29 is 36.3 Å². The number of anilines is 4. The largest absolute Gasteiger partial charge is 0.491 e. The number of carbonyl (C=O) groups is 2. The molecule has 6 rings (SSSR count). The van der Waals surface area contributed by atoms with E-state index >= 15 is 0 Å². The maximum Gasteiger partial charge on any atom is 0.323 e. The van der Waals surface area contributed by atoms with Crippen molar-refractivity contribution >= 4 is 44.6 Å². The Balaban J connectivity index is 1.22. The molecule has 4 N–H and O–H groups in total. The number of amides is 1. The molecular formula is C35H47F2N5O6S. The summed E-state index contributed by atoms with van der Waals surface area (Å²) in [5, 5.41) is 3.04. The molecule has 2 aromatic rings. The standard InChI is InChI=1S/C35H47F2N5O6S/c1-23(2)30(38)33(44)48-18-19-49(45,46)40-25-5-6-27(28(21-25)41-13-9-34(7-8-34)10-14-41)32(43)39-26-20-24-4-3-17-47-31(24)29(22-26)42-15-11-35(36,37)12-16-42/h5-6,20-23,30,40H,3-4,7-19,38H2,1-2H3,(H,39,43). The lowest BCUT2D eigenvalue weighted by molar-refractivity contribution is -0.145. The van der Waals surface area contributed by atoms with E-state index in [2.05, 4.69) is 14.9 Å². The van der Waals surface area contributed by atoms with Crippen molar-refractivity contribution in [2.45, 2.75) is 77.2 Å². The van der Waals surface area contributed by atoms with Gasteiger partial charge in [0.05, 0.1) is 29.2 Å². The summed E-state index contributed by atoms with van der Waals surface area (Å²) in [6.07, 6.45) is 5.48. The van der Waals surface area contributed by atoms with Crippen LogP contribution in [0.4, 0.5) is 31.5 Å². The van der Waals surface area contributed by atoms with Crippen LogP contribution in [0.1, 0.15) is 74.7 Å². The Labute approximate surface area is 286 Å². The number of carbonyl (C=O) groups excluding carboxylic acids is 2. The fraction of sp³-hybridized carbons (Fsp3) is 0.600. The van der Waals surface area contributed by atoms with Crippen molar-refractivity contribution in [3.8, 4) is 5.75 Å². The number of rotatable bonds is 11. The van der Waals surface area contributed by atoms with E-state index in [0.29, 0.717) is 46.1 Å². The first-order valence-corrected chi connectivity index (χ1v) is 18.9. The van der Waals surface area contributed by atoms with E-state index in [1.165, 1.54) is 12.8 Å². The van der Waals surface area contributed by atoms with E-state index in [9.17, 15) is 26.8 Å². The number of ether oxygens (including phenoxy) is 2. The Bertz CT molecular complexity index is 1660. The van der Waals surface area contributed by atoms with Crippen LogP contribution in [0.5, 0.6) is 5.75 Å². The lowest BCUT2D eigenvalue weighted by atomic mass is 9.93. The van der Waals surface area contributed by atoms with Gasteiger partial charge in [-0.25, -0.2) is 17.2 Å². The topological polar surface area (TPSA) is 143 Å². The molecule has 11 nitrogen and oxygen atoms in total. The molecule has 2 saturated heterocycles. The third-order valence-corrected chi connectivity index (χ3v) is 11.6. The van der Waals surface area contributed by atoms with Gasteiger partial charge in [0, 0.05) is 44.7 Å². The molecule has 268 valence electrons. The number of halogens is 2. The Morgan fingerprint density at radius 1 is 0.959 bits per heavy atom. The molecule has 1 spiro atoms. The molecule has 2 aromatic carbocycles. The molecule has 0 aromatic heterocycles. The van der Waals surface area contributed by atoms with E-state index in [1.807, 2.05) is 11.0 Å². The molecule has 1 saturated carbocycles. The summed E-state index contributed by atoms with van der Waals surface area (Å²) in [5.74, 6) is -3.62. The molecular weight excluding hydrogens is 656 g/mol. The Morgan fingerprint density at radius 3 is 2.29 bits per heavy atom. The highest BCUT2D eigenvalue weighted by molar-refractivity contribution is 7.92. The van der Waals surface area contributed by atoms with E-state index < -0.39 is 33.7 Å². The predicted molar refractivity (Wildman–Crippen MR) is 185 cm³/mol. The predicted octanol–water partition coefficient (Wildman–Crippen LogP) is 5.15. The third kappa shape index (κ3) is 8.39. The summed E-state index contributed by atoms with van der Waals surface area (Å²) in [5.41, 5.74) is 9.64. The first-order chi connectivity index (χ1) is 23.2. The van der Waals surface area contributed by atoms with Crippen LogP contribution < -0.4 is 30.3 Å². The van der Waals surface area contributed by atoms with Gasteiger partial charge in [0.1, 0.15) is 24.2 Å². The second-order valence-electron chi connectivity index (χ2n) is 14.3. The Kier molecular flexibility index (Phi) is 10.0. The van der Waals surface area contributed by atoms with Crippen molar-refractivity contribution in [3.63, 3.8) is 0 Å². The van der Waals surface area contributed by atoms with Gasteiger partial charge < -0.3 is 30.3 Å². The highest BCUT2D eigenvalue weighted by Crippen LogP contribution is 2.54. The fourth-order valence-corrected chi connectivity index (χ4v) is 7.73. The van der Waals surface area contributed by atoms with Gasteiger partial charge in [0.2, 0.25) is 10.0 Å². The highest BCUT2D eigenvalue weighted by atomic mass is 32.2. The van der Waals surface area contributed by atoms with Gasteiger partial charge in [-0.1, -0.05) is 13.8 Å². The molecule has 49 heavy (non-hydrogen) atoms. The monoisotopic (exact) mass is 703 g/mol. The number of nitrogens with zero attached hydrogens (tertiary/aromatic N) is 2. The summed E-state index contributed by atoms with van der Waals surface area (Å²) < 4.78 is 67.5. The maximum atomic E-state index is 14.0. The minimum Gasteiger partial charge on any atom is -0.491 e. The van der Waals surface area contributed by atoms with Crippen LogP contribution in [0.2, 0.25) is 0 Å². The zero-order valence-corrected chi connectivity index (χ0v) is 29.0. The van der Waals surface area contributed by atoms with Crippen LogP contribution in [0, 0.1) is 11.3 Å². The highest BCUT2D eigenvalue weighted by Gasteiger charge is 2.45. The number of alkyl halides is 2. The van der Waals surface area contributed by atoms with Crippen LogP contribution in [0.3, 0.4) is 0 Å². The smallest absolute Gasteiger partial charge is 0.323 e. The average molecular weight is 704 g/mol. The van der Waals surface area contributed by atoms with Gasteiger partial charge in [-0.2, -0.15) is 0 Å². The molecule has 3 aliphatic heterocycles. The van der Waals surface area contributed by atoms with Crippen molar-refractivity contribution in [2.75, 3.05) is 65.0 Å². The van der Waals surface area contributed by atoms with Crippen LogP contribution in [-0.2, 0) is 26.0 Å². The number of benzene rings is 2. The fourth-order valence-electron chi connectivity index (χ4n) is 6.84. The van der Waals surface area contributed by atoms with Gasteiger partial charge in [-0.15, -0.1) is 0 Å². The Morgan fingerprint density at radius 2 is 1.61 bits per heavy atom. The van der Waals surface area contributed by atoms with Crippen LogP contribution in [-0.4, -0.2) is 77.4 Å². The van der Waals surface area contributed by atoms with Crippen molar-refractivity contribution in [2.24, 2.45) is 17.1 Å². The first-order valence-electron chi connectivity index (χ1n) is 17.3. The number of nitrogens with one attached hydrogen (secondary N) is 2. The van der Waals surface area contributed by atoms with Gasteiger partial charge in [-0.05, 0) is 85.8 Å². The number of hydrogen-bond donors (Lipinski definition) is 3. The van der Waals surface area contributed by atoms with Crippen molar-refractivity contribution in [1.82, 2.24) is 0 Å². The van der Waals surface area contributed by atoms with E-state index in [0.717, 1.165) is 44.3 Å². The number of piperidine rings is 2. The molecule has 14 heteroatoms. The second-order valence-corrected chi connectivity index (χ2v) is 16.2. The normalized spacial score (nSPS) is 20.3. The third-order valence-electron chi connectivity index (χ3n) is 10.3. The van der Waals surface area contributed by atoms with Gasteiger partial charge >= 0.3 is 5.97 Å². The maximum absolute atomic E-state index is 14.0. The summed E-state index contributed by atoms with van der Waals surface area (Å²) >= 11 is 0. The van der Waals surface area contributed by atoms with E-state index in [1.54, 1.807) is 38.1 Å². The molecule has 1 aliphatic carbocycles. The number of hydrogen-bond acceptors (Lipinski definition) is 9. The summed E-state index contributed by atoms with van der Waals surface area (Å²) in [6, 6.07) is 7.68. The number of fused-ring (bicyclic) bond motifs is 1. The molecule has 1 unspecified atom stereocenters. The number of esters is 1. The zero-order chi connectivity index (χ0) is 35.0. The summed E-state index contributed by atoms with van der Waals surface area (Å²) in [6.45, 7) is 5.61. The molecule has 3 heterocycles. The quantitative estimate of drug-likeness (QED) is 0.271. The van der Waals surface area contributed by atoms with Crippen LogP contribution in [0.15, 0.2) is 30.3 Å². The lowest BCUT2D eigenvalue weighted by Crippen LogP contribution is -2.39. The molecule has 1 amide bonds. The zero-order valence-electron chi connectivity index (χ0n) is 28.2. The van der Waals surface area contributed by atoms with Gasteiger partial charge in [-0.3, -0.25) is 14.3 Å². The number of aryl methyl sites for hydroxylation is 1. The number of sulfonamides is 1. The molecule has 0 bridgehead atoms. The lowest BCUT2D eigenvalue weighted by Gasteiger charge is -2.36. The van der Waals surface area contributed by atoms with E-state index in [4.69, 9.17) is 15.2 Å². The average Bonchev–Trinajstić information content (AvgIpc) is 3.82. The van der Waals surface area contributed by atoms with Crippen LogP contribution >= 0.6 is 0 Å². The SMILES string of the molecule is CC(C)C(N)C(=O)OCCS(=O)(=O)Nc1ccc(C(=O)Nc2cc3c(c(N4CCC(F)(F)CC4)c2)OCCC3)c(N2CCC3(CC2)CC3)c1. The van der Waals surface area contributed by atoms with Gasteiger partial charge in [0.25, 0.3) is 11.8 Å². The summed E-state index contributed by atoms with van der Waals surface area (Å²) in [7, 11) is -3.90. The first kappa shape index (κ1) is 35.2. The van der Waals surface area contributed by atoms with E-state index in [-0.39, 0.29) is 44.4 Å². The molecule has 4 aliphatic rings. The molecule has 3 fully saturated rings. The Hall–Kier alpha value is -3.65. The van der Waals surface area contributed by atoms with Crippen molar-refractivity contribution in [1.29, 1.82) is 0 Å². The molecule has 0 radical (unpaired) electrons.